The van der Waals surface area contributed by atoms with Gasteiger partial charge in [0.25, 0.3) is 11.2 Å². The fraction of sp³-hybridized carbons (Fsp3) is 0.0952. The van der Waals surface area contributed by atoms with E-state index >= 15 is 0 Å². The van der Waals surface area contributed by atoms with E-state index in [0.29, 0.717) is 11.4 Å². The third kappa shape index (κ3) is 4.16. The maximum Gasteiger partial charge on any atom is 0.396 e. The molecule has 0 spiro atoms. The Morgan fingerprint density at radius 1 is 1.03 bits per heavy atom. The molecule has 0 saturated carbocycles. The number of nitrogens with one attached hydrogen (secondary N) is 1. The topological polar surface area (TPSA) is 180 Å². The summed E-state index contributed by atoms with van der Waals surface area (Å²) >= 11 is 0. The number of aromatic nitrogens is 2. The van der Waals surface area contributed by atoms with E-state index in [9.17, 15) is 28.4 Å². The highest BCUT2D eigenvalue weighted by Gasteiger charge is 2.23. The van der Waals surface area contributed by atoms with Crippen molar-refractivity contribution in [1.82, 2.24) is 9.78 Å². The van der Waals surface area contributed by atoms with Crippen molar-refractivity contribution in [2.24, 2.45) is 9.63 Å². The summed E-state index contributed by atoms with van der Waals surface area (Å²) in [6.45, 7) is 3.53. The van der Waals surface area contributed by atoms with E-state index in [1.165, 1.54) is 16.8 Å². The van der Waals surface area contributed by atoms with Crippen molar-refractivity contribution in [3.8, 4) is 22.6 Å². The number of aromatic hydroxyl groups is 1. The third-order valence-electron chi connectivity index (χ3n) is 5.15. The van der Waals surface area contributed by atoms with Gasteiger partial charge in [0.1, 0.15) is 5.75 Å². The average molecular weight is 483 g/mol. The number of nitro groups is 1. The molecule has 0 bridgehead atoms. The SMILES string of the molecule is Cc1ccc(-n2[nH]c(C)c(-c3c(O)cc(N=NS(=O)(=O)O)c4cc([N+](=O)[O-])ccc34)c2=O)cc1. The summed E-state index contributed by atoms with van der Waals surface area (Å²) in [6.07, 6.45) is 0. The monoisotopic (exact) mass is 483 g/mol. The number of nitrogens with zero attached hydrogens (tertiary/aromatic N) is 4. The van der Waals surface area contributed by atoms with Crippen LogP contribution in [0.15, 0.2) is 63.0 Å². The summed E-state index contributed by atoms with van der Waals surface area (Å²) in [5.74, 6) is -0.444. The molecule has 4 aromatic rings. The fourth-order valence-electron chi connectivity index (χ4n) is 3.65. The van der Waals surface area contributed by atoms with Gasteiger partial charge in [-0.2, -0.15) is 8.42 Å². The second-order valence-corrected chi connectivity index (χ2v) is 8.55. The Bertz CT molecular complexity index is 1650. The van der Waals surface area contributed by atoms with Crippen LogP contribution in [0.3, 0.4) is 0 Å². The molecule has 174 valence electrons. The Hall–Kier alpha value is -4.36. The van der Waals surface area contributed by atoms with E-state index in [1.54, 1.807) is 19.1 Å². The maximum atomic E-state index is 13.3. The van der Waals surface area contributed by atoms with E-state index in [1.807, 2.05) is 19.1 Å². The van der Waals surface area contributed by atoms with Crippen LogP contribution in [0.5, 0.6) is 5.75 Å². The fourth-order valence-corrected chi connectivity index (χ4v) is 3.84. The number of H-pyrrole nitrogens is 1. The van der Waals surface area contributed by atoms with Gasteiger partial charge in [-0.1, -0.05) is 17.7 Å². The van der Waals surface area contributed by atoms with Crippen LogP contribution in [0.2, 0.25) is 0 Å². The first-order valence-corrected chi connectivity index (χ1v) is 11.1. The number of phenols is 1. The molecule has 0 aliphatic rings. The van der Waals surface area contributed by atoms with Crippen molar-refractivity contribution in [3.05, 3.63) is 80.3 Å². The number of aromatic amines is 1. The lowest BCUT2D eigenvalue weighted by molar-refractivity contribution is -0.384. The number of phenolic OH excluding ortho intramolecular Hbond substituents is 1. The number of fused-ring (bicyclic) bond motifs is 1. The summed E-state index contributed by atoms with van der Waals surface area (Å²) < 4.78 is 35.0. The Morgan fingerprint density at radius 3 is 2.32 bits per heavy atom. The molecule has 0 fully saturated rings. The zero-order valence-electron chi connectivity index (χ0n) is 17.8. The lowest BCUT2D eigenvalue weighted by atomic mass is 9.96. The van der Waals surface area contributed by atoms with Gasteiger partial charge in [0, 0.05) is 34.8 Å². The summed E-state index contributed by atoms with van der Waals surface area (Å²) in [5, 5.41) is 28.7. The van der Waals surface area contributed by atoms with Crippen molar-refractivity contribution in [1.29, 1.82) is 0 Å². The van der Waals surface area contributed by atoms with Crippen LogP contribution in [-0.4, -0.2) is 32.8 Å². The van der Waals surface area contributed by atoms with Crippen LogP contribution in [-0.2, 0) is 10.3 Å². The Balaban J connectivity index is 2.04. The highest BCUT2D eigenvalue weighted by molar-refractivity contribution is 7.84. The van der Waals surface area contributed by atoms with Crippen LogP contribution >= 0.6 is 0 Å². The van der Waals surface area contributed by atoms with Crippen LogP contribution in [0, 0.1) is 24.0 Å². The molecule has 34 heavy (non-hydrogen) atoms. The molecule has 12 nitrogen and oxygen atoms in total. The van der Waals surface area contributed by atoms with E-state index in [4.69, 9.17) is 4.55 Å². The number of nitro benzene ring substituents is 1. The molecule has 1 heterocycles. The zero-order valence-corrected chi connectivity index (χ0v) is 18.6. The molecule has 13 heteroatoms. The summed E-state index contributed by atoms with van der Waals surface area (Å²) in [5.41, 5.74) is 1.06. The molecule has 0 atom stereocenters. The van der Waals surface area contributed by atoms with Gasteiger partial charge in [0.15, 0.2) is 0 Å². The van der Waals surface area contributed by atoms with Gasteiger partial charge in [-0.05, 0) is 42.0 Å². The van der Waals surface area contributed by atoms with Gasteiger partial charge in [0.05, 0.1) is 21.9 Å². The highest BCUT2D eigenvalue weighted by atomic mass is 32.2. The van der Waals surface area contributed by atoms with Crippen molar-refractivity contribution >= 4 is 32.5 Å². The quantitative estimate of drug-likeness (QED) is 0.165. The van der Waals surface area contributed by atoms with Gasteiger partial charge < -0.3 is 5.11 Å². The molecular weight excluding hydrogens is 466 g/mol. The first-order chi connectivity index (χ1) is 16.0. The second kappa shape index (κ2) is 8.20. The van der Waals surface area contributed by atoms with E-state index in [-0.39, 0.29) is 33.3 Å². The Morgan fingerprint density at radius 2 is 1.71 bits per heavy atom. The third-order valence-corrected chi connectivity index (χ3v) is 5.44. The van der Waals surface area contributed by atoms with Crippen molar-refractivity contribution in [3.63, 3.8) is 0 Å². The largest absolute Gasteiger partial charge is 0.507 e. The number of non-ortho nitro benzene ring substituents is 1. The van der Waals surface area contributed by atoms with Crippen LogP contribution < -0.4 is 5.56 Å². The van der Waals surface area contributed by atoms with Crippen molar-refractivity contribution < 1.29 is 23.0 Å². The first-order valence-electron chi connectivity index (χ1n) is 9.70. The molecule has 3 aromatic carbocycles. The highest BCUT2D eigenvalue weighted by Crippen LogP contribution is 2.43. The summed E-state index contributed by atoms with van der Waals surface area (Å²) in [6, 6.07) is 11.8. The first kappa shape index (κ1) is 22.8. The van der Waals surface area contributed by atoms with Crippen molar-refractivity contribution in [2.45, 2.75) is 13.8 Å². The number of rotatable bonds is 5. The van der Waals surface area contributed by atoms with E-state index in [2.05, 4.69) is 14.7 Å². The lowest BCUT2D eigenvalue weighted by Gasteiger charge is -2.10. The van der Waals surface area contributed by atoms with E-state index in [0.717, 1.165) is 17.7 Å². The number of hydrogen-bond acceptors (Lipinski definition) is 7. The van der Waals surface area contributed by atoms with Gasteiger partial charge in [-0.15, -0.1) is 5.11 Å². The predicted octanol–water partition coefficient (Wildman–Crippen LogP) is 4.10. The zero-order chi connectivity index (χ0) is 24.8. The molecule has 0 aliphatic heterocycles. The molecule has 3 N–H and O–H groups in total. The molecule has 4 rings (SSSR count). The molecular formula is C21H17N5O7S. The standard InChI is InChI=1S/C21H17N5O7S/c1-11-3-5-13(6-4-11)25-21(28)19(12(2)23-25)20-15-8-7-14(26(29)30)9-16(15)17(10-18(20)27)22-24-34(31,32)33/h3-10,23,27H,1-2H3,(H,31,32,33). The molecule has 0 radical (unpaired) electrons. The summed E-state index contributed by atoms with van der Waals surface area (Å²) in [7, 11) is -4.85. The average Bonchev–Trinajstić information content (AvgIpc) is 3.05. The molecule has 0 unspecified atom stereocenters. The molecule has 0 amide bonds. The molecule has 1 aromatic heterocycles. The van der Waals surface area contributed by atoms with Gasteiger partial charge in [-0.25, -0.2) is 4.68 Å². The van der Waals surface area contributed by atoms with Crippen LogP contribution in [0.25, 0.3) is 27.6 Å². The second-order valence-electron chi connectivity index (χ2n) is 7.49. The van der Waals surface area contributed by atoms with Gasteiger partial charge in [0.2, 0.25) is 0 Å². The Kier molecular flexibility index (Phi) is 5.51. The minimum absolute atomic E-state index is 0.0382. The smallest absolute Gasteiger partial charge is 0.396 e. The number of aryl methyl sites for hydroxylation is 2. The van der Waals surface area contributed by atoms with Gasteiger partial charge in [-0.3, -0.25) is 24.6 Å². The normalized spacial score (nSPS) is 12.0. The molecule has 0 aliphatic carbocycles. The summed E-state index contributed by atoms with van der Waals surface area (Å²) in [4.78, 5) is 24.0. The van der Waals surface area contributed by atoms with Crippen LogP contribution in [0.1, 0.15) is 11.3 Å². The van der Waals surface area contributed by atoms with Gasteiger partial charge >= 0.3 is 10.3 Å². The number of benzene rings is 3. The lowest BCUT2D eigenvalue weighted by Crippen LogP contribution is -2.15. The van der Waals surface area contributed by atoms with Crippen LogP contribution in [0.4, 0.5) is 11.4 Å². The minimum atomic E-state index is -4.85. The van der Waals surface area contributed by atoms with Crippen molar-refractivity contribution in [2.75, 3.05) is 0 Å². The predicted molar refractivity (Wildman–Crippen MR) is 123 cm³/mol. The van der Waals surface area contributed by atoms with E-state index < -0.39 is 26.5 Å². The maximum absolute atomic E-state index is 13.3. The molecule has 0 saturated heterocycles. The number of hydrogen-bond donors (Lipinski definition) is 3. The Labute approximate surface area is 191 Å². The minimum Gasteiger partial charge on any atom is -0.507 e.